The Morgan fingerprint density at radius 3 is 2.76 bits per heavy atom. The maximum Gasteiger partial charge on any atom is 0.409 e. The van der Waals surface area contributed by atoms with Gasteiger partial charge in [-0.25, -0.2) is 9.18 Å². The van der Waals surface area contributed by atoms with Crippen LogP contribution in [0.2, 0.25) is 5.02 Å². The van der Waals surface area contributed by atoms with E-state index in [1.54, 1.807) is 36.5 Å². The first-order chi connectivity index (χ1) is 14.0. The van der Waals surface area contributed by atoms with Crippen LogP contribution < -0.4 is 10.6 Å². The third-order valence-electron chi connectivity index (χ3n) is 4.13. The van der Waals surface area contributed by atoms with E-state index in [-0.39, 0.29) is 5.56 Å². The maximum absolute atomic E-state index is 14.1. The predicted octanol–water partition coefficient (Wildman–Crippen LogP) is 5.32. The van der Waals surface area contributed by atoms with Gasteiger partial charge in [-0.05, 0) is 48.5 Å². The Hall–Kier alpha value is -3.78. The number of halogens is 2. The summed E-state index contributed by atoms with van der Waals surface area (Å²) in [6.07, 6.45) is 1.96. The molecule has 7 nitrogen and oxygen atoms in total. The first-order valence-electron chi connectivity index (χ1n) is 8.43. The zero-order chi connectivity index (χ0) is 20.4. The molecule has 1 amide bonds. The van der Waals surface area contributed by atoms with Crippen LogP contribution >= 0.6 is 11.6 Å². The van der Waals surface area contributed by atoms with E-state index in [9.17, 15) is 9.18 Å². The zero-order valence-corrected chi connectivity index (χ0v) is 15.5. The quantitative estimate of drug-likeness (QED) is 0.422. The van der Waals surface area contributed by atoms with Crippen molar-refractivity contribution in [3.05, 3.63) is 71.8 Å². The van der Waals surface area contributed by atoms with Gasteiger partial charge in [0, 0.05) is 33.5 Å². The fraction of sp³-hybridized carbons (Fsp3) is 0. The fourth-order valence-corrected chi connectivity index (χ4v) is 3.05. The van der Waals surface area contributed by atoms with Crippen LogP contribution in [0.3, 0.4) is 0 Å². The molecule has 0 atom stereocenters. The van der Waals surface area contributed by atoms with Crippen molar-refractivity contribution < 1.29 is 14.3 Å². The van der Waals surface area contributed by atoms with Gasteiger partial charge in [-0.1, -0.05) is 11.6 Å². The van der Waals surface area contributed by atoms with Gasteiger partial charge in [0.1, 0.15) is 5.82 Å². The summed E-state index contributed by atoms with van der Waals surface area (Å²) in [5.41, 5.74) is 2.92. The van der Waals surface area contributed by atoms with Crippen LogP contribution in [0, 0.1) is 5.82 Å². The number of hydrogen-bond donors (Lipinski definition) is 3. The van der Waals surface area contributed by atoms with Gasteiger partial charge in [-0.3, -0.25) is 10.3 Å². The first kappa shape index (κ1) is 18.6. The molecule has 0 unspecified atom stereocenters. The number of nitrogens with one attached hydrogen (secondary N) is 2. The molecule has 0 saturated carbocycles. The minimum absolute atomic E-state index is 0.248. The lowest BCUT2D eigenvalue weighted by atomic mass is 10.1. The number of pyridine rings is 1. The standard InChI is InChI=1S/C20H13ClFN5O2/c21-11-1-4-16(22)15(7-11)19-9-13(10-24-27-19)25-17-5-6-23-18-8-12(26-20(28)29)2-3-14(17)18/h1-10,26H,(H,28,29)(H,23,25,27). The lowest BCUT2D eigenvalue weighted by Crippen LogP contribution is -2.07. The minimum atomic E-state index is -1.15. The second-order valence-corrected chi connectivity index (χ2v) is 6.54. The number of benzene rings is 2. The smallest absolute Gasteiger partial charge is 0.409 e. The molecule has 9 heteroatoms. The second kappa shape index (κ2) is 7.69. The van der Waals surface area contributed by atoms with Crippen molar-refractivity contribution in [2.75, 3.05) is 10.6 Å². The van der Waals surface area contributed by atoms with Gasteiger partial charge >= 0.3 is 6.09 Å². The van der Waals surface area contributed by atoms with Gasteiger partial charge in [0.15, 0.2) is 0 Å². The zero-order valence-electron chi connectivity index (χ0n) is 14.7. The third-order valence-corrected chi connectivity index (χ3v) is 4.37. The van der Waals surface area contributed by atoms with Crippen molar-refractivity contribution in [1.82, 2.24) is 15.2 Å². The lowest BCUT2D eigenvalue weighted by Gasteiger charge is -2.11. The monoisotopic (exact) mass is 409 g/mol. The molecule has 0 aliphatic carbocycles. The van der Waals surface area contributed by atoms with Crippen molar-refractivity contribution in [2.24, 2.45) is 0 Å². The Bertz CT molecular complexity index is 1230. The topological polar surface area (TPSA) is 100 Å². The molecule has 2 aromatic carbocycles. The van der Waals surface area contributed by atoms with Gasteiger partial charge in [0.2, 0.25) is 0 Å². The van der Waals surface area contributed by atoms with Gasteiger partial charge < -0.3 is 10.4 Å². The Morgan fingerprint density at radius 1 is 1.07 bits per heavy atom. The van der Waals surface area contributed by atoms with Crippen LogP contribution in [0.25, 0.3) is 22.2 Å². The molecule has 3 N–H and O–H groups in total. The van der Waals surface area contributed by atoms with E-state index >= 15 is 0 Å². The van der Waals surface area contributed by atoms with Gasteiger partial charge in [0.25, 0.3) is 0 Å². The minimum Gasteiger partial charge on any atom is -0.465 e. The van der Waals surface area contributed by atoms with Crippen molar-refractivity contribution in [1.29, 1.82) is 0 Å². The van der Waals surface area contributed by atoms with E-state index in [2.05, 4.69) is 25.8 Å². The van der Waals surface area contributed by atoms with Gasteiger partial charge in [-0.2, -0.15) is 10.2 Å². The van der Waals surface area contributed by atoms with Gasteiger partial charge in [0.05, 0.1) is 23.1 Å². The second-order valence-electron chi connectivity index (χ2n) is 6.10. The number of carboxylic acid groups (broad SMARTS) is 1. The highest BCUT2D eigenvalue weighted by Gasteiger charge is 2.10. The first-order valence-corrected chi connectivity index (χ1v) is 8.81. The number of carbonyl (C=O) groups is 1. The van der Waals surface area contributed by atoms with Crippen molar-refractivity contribution >= 4 is 45.7 Å². The lowest BCUT2D eigenvalue weighted by molar-refractivity contribution is 0.210. The Morgan fingerprint density at radius 2 is 1.93 bits per heavy atom. The number of fused-ring (bicyclic) bond motifs is 1. The van der Waals surface area contributed by atoms with Crippen LogP contribution in [0.5, 0.6) is 0 Å². The summed E-state index contributed by atoms with van der Waals surface area (Å²) in [6.45, 7) is 0. The summed E-state index contributed by atoms with van der Waals surface area (Å²) >= 11 is 5.97. The molecule has 0 aliphatic heterocycles. The molecule has 4 rings (SSSR count). The van der Waals surface area contributed by atoms with E-state index < -0.39 is 11.9 Å². The highest BCUT2D eigenvalue weighted by molar-refractivity contribution is 6.30. The van der Waals surface area contributed by atoms with E-state index in [4.69, 9.17) is 16.7 Å². The maximum atomic E-state index is 14.1. The molecule has 144 valence electrons. The molecule has 0 spiro atoms. The highest BCUT2D eigenvalue weighted by atomic mass is 35.5. The van der Waals surface area contributed by atoms with Gasteiger partial charge in [-0.15, -0.1) is 0 Å². The molecule has 2 aromatic heterocycles. The fourth-order valence-electron chi connectivity index (χ4n) is 2.87. The van der Waals surface area contributed by atoms with Crippen LogP contribution in [0.1, 0.15) is 0 Å². The van der Waals surface area contributed by atoms with E-state index in [1.165, 1.54) is 24.4 Å². The van der Waals surface area contributed by atoms with Crippen LogP contribution in [0.15, 0.2) is 60.9 Å². The summed E-state index contributed by atoms with van der Waals surface area (Å²) in [6, 6.07) is 12.7. The third kappa shape index (κ3) is 4.07. The highest BCUT2D eigenvalue weighted by Crippen LogP contribution is 2.29. The molecule has 0 fully saturated rings. The number of rotatable bonds is 4. The number of amides is 1. The van der Waals surface area contributed by atoms with Crippen LogP contribution in [-0.2, 0) is 0 Å². The molecule has 29 heavy (non-hydrogen) atoms. The molecule has 0 bridgehead atoms. The summed E-state index contributed by atoms with van der Waals surface area (Å²) in [5, 5.41) is 23.5. The van der Waals surface area contributed by atoms with Crippen molar-refractivity contribution in [2.45, 2.75) is 0 Å². The van der Waals surface area contributed by atoms with E-state index in [0.29, 0.717) is 27.6 Å². The Kier molecular flexibility index (Phi) is 4.92. The number of aromatic nitrogens is 3. The average Bonchev–Trinajstić information content (AvgIpc) is 2.69. The molecule has 0 saturated heterocycles. The Balaban J connectivity index is 1.68. The van der Waals surface area contributed by atoms with Crippen LogP contribution in [0.4, 0.5) is 26.2 Å². The van der Waals surface area contributed by atoms with Crippen molar-refractivity contribution in [3.8, 4) is 11.3 Å². The SMILES string of the molecule is O=C(O)Nc1ccc2c(Nc3cnnc(-c4cc(Cl)ccc4F)c3)ccnc2c1. The molecular weight excluding hydrogens is 397 g/mol. The molecule has 0 aliphatic rings. The predicted molar refractivity (Wildman–Crippen MR) is 109 cm³/mol. The van der Waals surface area contributed by atoms with E-state index in [1.807, 2.05) is 0 Å². The number of nitrogens with zero attached hydrogens (tertiary/aromatic N) is 3. The largest absolute Gasteiger partial charge is 0.465 e. The summed E-state index contributed by atoms with van der Waals surface area (Å²) in [4.78, 5) is 15.1. The summed E-state index contributed by atoms with van der Waals surface area (Å²) in [5.74, 6) is -0.450. The molecule has 2 heterocycles. The van der Waals surface area contributed by atoms with Crippen LogP contribution in [-0.4, -0.2) is 26.4 Å². The van der Waals surface area contributed by atoms with E-state index in [0.717, 1.165) is 11.1 Å². The molecule has 4 aromatic rings. The normalized spacial score (nSPS) is 10.7. The summed E-state index contributed by atoms with van der Waals surface area (Å²) in [7, 11) is 0. The number of anilines is 3. The molecule has 0 radical (unpaired) electrons. The molecular formula is C20H13ClFN5O2. The Labute approximate surface area is 169 Å². The number of hydrogen-bond acceptors (Lipinski definition) is 5. The van der Waals surface area contributed by atoms with Crippen molar-refractivity contribution in [3.63, 3.8) is 0 Å². The average molecular weight is 410 g/mol. The summed E-state index contributed by atoms with van der Waals surface area (Å²) < 4.78 is 14.1.